The van der Waals surface area contributed by atoms with Crippen LogP contribution in [0.5, 0.6) is 0 Å². The van der Waals surface area contributed by atoms with Gasteiger partial charge in [-0.15, -0.1) is 0 Å². The summed E-state index contributed by atoms with van der Waals surface area (Å²) in [5.74, 6) is -0.230. The average molecular weight is 381 g/mol. The summed E-state index contributed by atoms with van der Waals surface area (Å²) in [4.78, 5) is 11.9. The lowest BCUT2D eigenvalue weighted by Gasteiger charge is -2.28. The Morgan fingerprint density at radius 3 is 2.00 bits per heavy atom. The van der Waals surface area contributed by atoms with Gasteiger partial charge in [-0.2, -0.15) is 12.6 Å². The Bertz CT molecular complexity index is 300. The molecule has 0 N–H and O–H groups in total. The Balaban J connectivity index is 4.11. The molecule has 0 fully saturated rings. The van der Waals surface area contributed by atoms with Gasteiger partial charge in [0.15, 0.2) is 0 Å². The number of carbonyl (C=O) groups is 1. The van der Waals surface area contributed by atoms with Crippen molar-refractivity contribution in [3.8, 4) is 0 Å². The molecule has 1 unspecified atom stereocenters. The van der Waals surface area contributed by atoms with Gasteiger partial charge in [0.25, 0.3) is 0 Å². The molecule has 0 aliphatic heterocycles. The Hall–Kier alpha value is -0.0831. The third-order valence-corrected chi connectivity index (χ3v) is 7.19. The zero-order chi connectivity index (χ0) is 18.3. The first-order chi connectivity index (χ1) is 11.5. The van der Waals surface area contributed by atoms with Gasteiger partial charge in [-0.05, 0) is 33.6 Å². The first kappa shape index (κ1) is 23.9. The van der Waals surface area contributed by atoms with Crippen molar-refractivity contribution in [3.63, 3.8) is 0 Å². The maximum absolute atomic E-state index is 11.9. The average Bonchev–Trinajstić information content (AvgIpc) is 2.56. The first-order valence-electron chi connectivity index (χ1n) is 9.31. The van der Waals surface area contributed by atoms with Gasteiger partial charge in [0, 0.05) is 25.9 Å². The molecule has 7 heteroatoms. The smallest absolute Gasteiger partial charge is 0.465 e. The molecule has 144 valence electrons. The Morgan fingerprint density at radius 1 is 0.917 bits per heavy atom. The minimum Gasteiger partial charge on any atom is -0.465 e. The zero-order valence-electron chi connectivity index (χ0n) is 15.8. The third-order valence-electron chi connectivity index (χ3n) is 3.57. The van der Waals surface area contributed by atoms with Crippen LogP contribution in [0.2, 0.25) is 6.04 Å². The van der Waals surface area contributed by atoms with Gasteiger partial charge in [-0.1, -0.05) is 32.6 Å². The van der Waals surface area contributed by atoms with Crippen LogP contribution >= 0.6 is 12.6 Å². The number of hydrogen-bond acceptors (Lipinski definition) is 6. The van der Waals surface area contributed by atoms with Crippen LogP contribution in [-0.4, -0.2) is 46.5 Å². The zero-order valence-corrected chi connectivity index (χ0v) is 17.7. The van der Waals surface area contributed by atoms with Crippen molar-refractivity contribution in [2.24, 2.45) is 0 Å². The molecule has 24 heavy (non-hydrogen) atoms. The molecule has 0 heterocycles. The highest BCUT2D eigenvalue weighted by Gasteiger charge is 2.39. The van der Waals surface area contributed by atoms with Gasteiger partial charge < -0.3 is 18.0 Å². The normalized spacial score (nSPS) is 13.0. The summed E-state index contributed by atoms with van der Waals surface area (Å²) in [5, 5.41) is -0.325. The summed E-state index contributed by atoms with van der Waals surface area (Å²) in [6, 6.07) is 0.656. The molecule has 0 amide bonds. The summed E-state index contributed by atoms with van der Waals surface area (Å²) in [6.45, 7) is 10.0. The lowest BCUT2D eigenvalue weighted by atomic mass is 10.1. The van der Waals surface area contributed by atoms with Crippen LogP contribution in [0, 0.1) is 0 Å². The molecule has 0 bridgehead atoms. The van der Waals surface area contributed by atoms with E-state index in [1.54, 1.807) is 0 Å². The van der Waals surface area contributed by atoms with E-state index in [0.717, 1.165) is 19.3 Å². The van der Waals surface area contributed by atoms with Crippen molar-refractivity contribution in [2.75, 3.05) is 26.4 Å². The molecule has 5 nitrogen and oxygen atoms in total. The number of hydrogen-bond donors (Lipinski definition) is 1. The van der Waals surface area contributed by atoms with Crippen LogP contribution < -0.4 is 0 Å². The van der Waals surface area contributed by atoms with Crippen LogP contribution in [0.3, 0.4) is 0 Å². The summed E-state index contributed by atoms with van der Waals surface area (Å²) >= 11 is 4.35. The van der Waals surface area contributed by atoms with Crippen LogP contribution in [0.4, 0.5) is 0 Å². The molecule has 0 radical (unpaired) electrons. The van der Waals surface area contributed by atoms with E-state index in [1.807, 2.05) is 20.8 Å². The molecule has 0 aliphatic rings. The summed E-state index contributed by atoms with van der Waals surface area (Å²) < 4.78 is 22.7. The number of ether oxygens (including phenoxy) is 1. The first-order valence-corrected chi connectivity index (χ1v) is 11.8. The minimum atomic E-state index is -2.64. The Labute approximate surface area is 154 Å². The number of carbonyl (C=O) groups excluding carboxylic acids is 1. The van der Waals surface area contributed by atoms with Crippen LogP contribution in [0.15, 0.2) is 0 Å². The fraction of sp³-hybridized carbons (Fsp3) is 0.941. The molecular weight excluding hydrogens is 344 g/mol. The Kier molecular flexibility index (Phi) is 15.1. The molecule has 0 aromatic rings. The topological polar surface area (TPSA) is 54.0 Å². The Morgan fingerprint density at radius 2 is 1.50 bits per heavy atom. The molecule has 0 aliphatic carbocycles. The van der Waals surface area contributed by atoms with E-state index in [-0.39, 0.29) is 11.2 Å². The fourth-order valence-corrected chi connectivity index (χ4v) is 5.28. The molecule has 0 saturated heterocycles. The number of esters is 1. The second-order valence-electron chi connectivity index (χ2n) is 5.62. The van der Waals surface area contributed by atoms with Crippen molar-refractivity contribution in [2.45, 2.75) is 77.5 Å². The van der Waals surface area contributed by atoms with Gasteiger partial charge in [0.1, 0.15) is 0 Å². The second-order valence-corrected chi connectivity index (χ2v) is 8.97. The second kappa shape index (κ2) is 15.2. The molecule has 0 rings (SSSR count). The third kappa shape index (κ3) is 10.7. The molecule has 0 aromatic carbocycles. The quantitative estimate of drug-likeness (QED) is 0.188. The number of unbranched alkanes of at least 4 members (excludes halogenated alkanes) is 3. The standard InChI is InChI=1S/C17H36O5SSi/c1-5-9-10-11-13-16(23)17(18)19-14-12-15-24(20-6-2,21-7-3)22-8-4/h16,23H,5-15H2,1-4H3. The summed E-state index contributed by atoms with van der Waals surface area (Å²) in [5.41, 5.74) is 0. The van der Waals surface area contributed by atoms with Gasteiger partial charge >= 0.3 is 14.8 Å². The van der Waals surface area contributed by atoms with E-state index < -0.39 is 8.80 Å². The molecule has 0 saturated carbocycles. The van der Waals surface area contributed by atoms with Crippen LogP contribution in [-0.2, 0) is 22.8 Å². The largest absolute Gasteiger partial charge is 0.501 e. The lowest BCUT2D eigenvalue weighted by molar-refractivity contribution is -0.143. The van der Waals surface area contributed by atoms with E-state index in [1.165, 1.54) is 12.8 Å². The predicted molar refractivity (Wildman–Crippen MR) is 103 cm³/mol. The number of thiol groups is 1. The summed E-state index contributed by atoms with van der Waals surface area (Å²) in [7, 11) is -2.64. The van der Waals surface area contributed by atoms with Gasteiger partial charge in [0.2, 0.25) is 0 Å². The minimum absolute atomic E-state index is 0.230. The lowest BCUT2D eigenvalue weighted by Crippen LogP contribution is -2.46. The number of rotatable bonds is 16. The van der Waals surface area contributed by atoms with E-state index in [4.69, 9.17) is 18.0 Å². The van der Waals surface area contributed by atoms with Gasteiger partial charge in [-0.3, -0.25) is 4.79 Å². The van der Waals surface area contributed by atoms with Gasteiger partial charge in [-0.25, -0.2) is 0 Å². The highest BCUT2D eigenvalue weighted by molar-refractivity contribution is 7.81. The molecule has 0 spiro atoms. The SMILES string of the molecule is CCCCCCC(S)C(=O)OCCC[Si](OCC)(OCC)OCC. The highest BCUT2D eigenvalue weighted by Crippen LogP contribution is 2.18. The van der Waals surface area contributed by atoms with Crippen molar-refractivity contribution < 1.29 is 22.8 Å². The molecule has 0 aromatic heterocycles. The van der Waals surface area contributed by atoms with Crippen LogP contribution in [0.25, 0.3) is 0 Å². The van der Waals surface area contributed by atoms with Gasteiger partial charge in [0.05, 0.1) is 11.9 Å². The van der Waals surface area contributed by atoms with E-state index in [2.05, 4.69) is 19.6 Å². The molecule has 1 atom stereocenters. The molecular formula is C17H36O5SSi. The maximum atomic E-state index is 11.9. The van der Waals surface area contributed by atoms with Crippen LogP contribution in [0.1, 0.15) is 66.2 Å². The van der Waals surface area contributed by atoms with Crippen molar-refractivity contribution >= 4 is 27.4 Å². The fourth-order valence-electron chi connectivity index (χ4n) is 2.44. The highest BCUT2D eigenvalue weighted by atomic mass is 32.1. The summed E-state index contributed by atoms with van der Waals surface area (Å²) in [6.07, 6.45) is 6.01. The van der Waals surface area contributed by atoms with Crippen molar-refractivity contribution in [1.82, 2.24) is 0 Å². The van der Waals surface area contributed by atoms with Crippen molar-refractivity contribution in [3.05, 3.63) is 0 Å². The maximum Gasteiger partial charge on any atom is 0.501 e. The monoisotopic (exact) mass is 380 g/mol. The predicted octanol–water partition coefficient (Wildman–Crippen LogP) is 4.24. The van der Waals surface area contributed by atoms with E-state index in [0.29, 0.717) is 38.9 Å². The van der Waals surface area contributed by atoms with Crippen molar-refractivity contribution in [1.29, 1.82) is 0 Å². The van der Waals surface area contributed by atoms with E-state index in [9.17, 15) is 4.79 Å². The van der Waals surface area contributed by atoms with E-state index >= 15 is 0 Å².